The van der Waals surface area contributed by atoms with Crippen LogP contribution in [0.2, 0.25) is 10.0 Å². The van der Waals surface area contributed by atoms with E-state index >= 15 is 0 Å². The van der Waals surface area contributed by atoms with Crippen LogP contribution in [-0.4, -0.2) is 60.4 Å². The molecule has 1 saturated carbocycles. The molecule has 4 rings (SSSR count). The number of aliphatic carboxylic acids is 1. The van der Waals surface area contributed by atoms with E-state index in [0.29, 0.717) is 23.4 Å². The van der Waals surface area contributed by atoms with E-state index in [4.69, 9.17) is 27.9 Å². The molecule has 1 amide bonds. The van der Waals surface area contributed by atoms with E-state index < -0.39 is 50.7 Å². The highest BCUT2D eigenvalue weighted by Crippen LogP contribution is 2.51. The van der Waals surface area contributed by atoms with Crippen LogP contribution < -0.4 is 4.74 Å². The number of carboxylic acid groups (broad SMARTS) is 1. The van der Waals surface area contributed by atoms with Crippen LogP contribution in [0, 0.1) is 0 Å². The highest BCUT2D eigenvalue weighted by atomic mass is 35.5. The van der Waals surface area contributed by atoms with Gasteiger partial charge in [0, 0.05) is 17.6 Å². The van der Waals surface area contributed by atoms with Crippen LogP contribution in [-0.2, 0) is 24.8 Å². The molecule has 2 fully saturated rings. The Bertz CT molecular complexity index is 1330. The molecule has 1 heterocycles. The summed E-state index contributed by atoms with van der Waals surface area (Å²) in [7, 11) is -4.26. The Labute approximate surface area is 221 Å². The number of nitrogens with zero attached hydrogens (tertiary/aromatic N) is 1. The van der Waals surface area contributed by atoms with E-state index in [1.165, 1.54) is 0 Å². The topological polar surface area (TPSA) is 101 Å². The number of likely N-dealkylation sites (tertiary alicyclic amines) is 1. The third-order valence-electron chi connectivity index (χ3n) is 6.79. The number of alkyl halides is 3. The van der Waals surface area contributed by atoms with Crippen molar-refractivity contribution in [3.05, 3.63) is 58.1 Å². The van der Waals surface area contributed by atoms with Crippen molar-refractivity contribution in [3.63, 3.8) is 0 Å². The van der Waals surface area contributed by atoms with Gasteiger partial charge in [-0.2, -0.15) is 13.2 Å². The lowest BCUT2D eigenvalue weighted by Crippen LogP contribution is -2.46. The highest BCUT2D eigenvalue weighted by Gasteiger charge is 2.57. The maximum absolute atomic E-state index is 13.5. The van der Waals surface area contributed by atoms with Crippen LogP contribution in [0.5, 0.6) is 5.75 Å². The van der Waals surface area contributed by atoms with Gasteiger partial charge >= 0.3 is 12.1 Å². The van der Waals surface area contributed by atoms with Gasteiger partial charge in [0.2, 0.25) is 5.91 Å². The largest absolute Gasteiger partial charge is 0.481 e. The summed E-state index contributed by atoms with van der Waals surface area (Å²) in [6.07, 6.45) is -6.17. The van der Waals surface area contributed by atoms with Crippen LogP contribution in [0.25, 0.3) is 0 Å². The average molecular weight is 580 g/mol. The fourth-order valence-corrected chi connectivity index (χ4v) is 6.87. The Morgan fingerprint density at radius 1 is 1.14 bits per heavy atom. The van der Waals surface area contributed by atoms with Gasteiger partial charge in [0.1, 0.15) is 11.8 Å². The second-order valence-electron chi connectivity index (χ2n) is 9.20. The minimum absolute atomic E-state index is 0.279. The van der Waals surface area contributed by atoms with Crippen molar-refractivity contribution in [1.82, 2.24) is 4.90 Å². The van der Waals surface area contributed by atoms with Gasteiger partial charge in [-0.3, -0.25) is 4.79 Å². The van der Waals surface area contributed by atoms with Gasteiger partial charge in [0.15, 0.2) is 15.9 Å². The van der Waals surface area contributed by atoms with E-state index in [0.717, 1.165) is 30.0 Å². The van der Waals surface area contributed by atoms with Crippen LogP contribution in [0.4, 0.5) is 13.2 Å². The molecule has 0 radical (unpaired) electrons. The second-order valence-corrected chi connectivity index (χ2v) is 12.2. The zero-order valence-electron chi connectivity index (χ0n) is 19.3. The van der Waals surface area contributed by atoms with E-state index in [-0.39, 0.29) is 28.6 Å². The molecule has 2 aliphatic rings. The number of hydrogen-bond donors (Lipinski definition) is 1. The molecule has 0 aromatic heterocycles. The number of sulfone groups is 1. The van der Waals surface area contributed by atoms with Crippen LogP contribution in [0.1, 0.15) is 31.7 Å². The first-order valence-electron chi connectivity index (χ1n) is 11.2. The Morgan fingerprint density at radius 3 is 2.27 bits per heavy atom. The minimum atomic E-state index is -4.63. The van der Waals surface area contributed by atoms with Gasteiger partial charge in [-0.1, -0.05) is 35.3 Å². The molecule has 37 heavy (non-hydrogen) atoms. The van der Waals surface area contributed by atoms with E-state index in [1.54, 1.807) is 24.3 Å². The maximum Gasteiger partial charge on any atom is 0.425 e. The third-order valence-corrected chi connectivity index (χ3v) is 9.65. The predicted octanol–water partition coefficient (Wildman–Crippen LogP) is 4.88. The first-order chi connectivity index (χ1) is 17.2. The smallest absolute Gasteiger partial charge is 0.425 e. The molecular formula is C24H22Cl2F3NO6S. The predicted molar refractivity (Wildman–Crippen MR) is 129 cm³/mol. The molecule has 13 heteroatoms. The standard InChI is InChI=1S/C24H22Cl2F3NO6S/c1-13(24(27,28)29)36-16-6-7-20(18(26)10-16)37(34,35)17-11-19(21(31)32)30(12-17)22(33)23(8-9-23)14-2-4-15(25)5-3-14/h2-7,10,13,17,19H,8-9,11-12H2,1H3,(H,31,32). The monoisotopic (exact) mass is 579 g/mol. The molecular weight excluding hydrogens is 558 g/mol. The fraction of sp³-hybridized carbons (Fsp3) is 0.417. The van der Waals surface area contributed by atoms with Crippen molar-refractivity contribution in [2.75, 3.05) is 6.54 Å². The lowest BCUT2D eigenvalue weighted by atomic mass is 9.94. The van der Waals surface area contributed by atoms with Crippen molar-refractivity contribution >= 4 is 44.9 Å². The molecule has 2 aromatic rings. The number of hydrogen-bond acceptors (Lipinski definition) is 5. The van der Waals surface area contributed by atoms with Crippen LogP contribution in [0.15, 0.2) is 47.4 Å². The zero-order valence-corrected chi connectivity index (χ0v) is 21.7. The van der Waals surface area contributed by atoms with Gasteiger partial charge in [0.25, 0.3) is 0 Å². The van der Waals surface area contributed by atoms with Crippen molar-refractivity contribution < 1.29 is 41.0 Å². The molecule has 1 saturated heterocycles. The van der Waals surface area contributed by atoms with E-state index in [9.17, 15) is 36.3 Å². The maximum atomic E-state index is 13.5. The number of halogens is 5. The fourth-order valence-electron chi connectivity index (χ4n) is 4.51. The van der Waals surface area contributed by atoms with Crippen LogP contribution in [0.3, 0.4) is 0 Å². The Hall–Kier alpha value is -2.50. The van der Waals surface area contributed by atoms with Gasteiger partial charge in [-0.05, 0) is 56.0 Å². The summed E-state index contributed by atoms with van der Waals surface area (Å²) < 4.78 is 70.0. The lowest BCUT2D eigenvalue weighted by Gasteiger charge is -2.27. The molecule has 1 N–H and O–H groups in total. The number of ether oxygens (including phenoxy) is 1. The van der Waals surface area contributed by atoms with Gasteiger partial charge < -0.3 is 14.7 Å². The Balaban J connectivity index is 1.58. The number of benzene rings is 2. The highest BCUT2D eigenvalue weighted by molar-refractivity contribution is 7.92. The molecule has 7 nitrogen and oxygen atoms in total. The lowest BCUT2D eigenvalue weighted by molar-refractivity contribution is -0.189. The first-order valence-corrected chi connectivity index (χ1v) is 13.5. The Morgan fingerprint density at radius 2 is 1.76 bits per heavy atom. The number of amides is 1. The Kier molecular flexibility index (Phi) is 7.19. The summed E-state index contributed by atoms with van der Waals surface area (Å²) in [6.45, 7) is 0.429. The minimum Gasteiger partial charge on any atom is -0.481 e. The normalized spacial score (nSPS) is 21.9. The van der Waals surface area contributed by atoms with Crippen LogP contribution >= 0.6 is 23.2 Å². The zero-order chi connectivity index (χ0) is 27.3. The average Bonchev–Trinajstić information content (AvgIpc) is 3.48. The summed E-state index contributed by atoms with van der Waals surface area (Å²) >= 11 is 12.1. The van der Waals surface area contributed by atoms with Gasteiger partial charge in [-0.15, -0.1) is 0 Å². The number of carboxylic acids is 1. The van der Waals surface area contributed by atoms with Crippen molar-refractivity contribution in [2.24, 2.45) is 0 Å². The van der Waals surface area contributed by atoms with Crippen molar-refractivity contribution in [3.8, 4) is 5.75 Å². The third kappa shape index (κ3) is 5.26. The summed E-state index contributed by atoms with van der Waals surface area (Å²) in [5, 5.41) is 8.60. The van der Waals surface area contributed by atoms with E-state index in [1.807, 2.05) is 0 Å². The molecule has 1 aliphatic heterocycles. The molecule has 3 atom stereocenters. The van der Waals surface area contributed by atoms with Gasteiger partial charge in [-0.25, -0.2) is 13.2 Å². The quantitative estimate of drug-likeness (QED) is 0.501. The first kappa shape index (κ1) is 27.5. The number of carbonyl (C=O) groups is 2. The summed E-state index contributed by atoms with van der Waals surface area (Å²) in [4.78, 5) is 26.2. The molecule has 0 spiro atoms. The molecule has 3 unspecified atom stereocenters. The number of rotatable bonds is 7. The molecule has 200 valence electrons. The SMILES string of the molecule is CC(Oc1ccc(S(=O)(=O)C2CC(C(=O)O)N(C(=O)C3(c4ccc(Cl)cc4)CC3)C2)c(Cl)c1)C(F)(F)F. The van der Waals surface area contributed by atoms with Gasteiger partial charge in [0.05, 0.1) is 20.6 Å². The molecule has 2 aromatic carbocycles. The molecule has 0 bridgehead atoms. The molecule has 1 aliphatic carbocycles. The van der Waals surface area contributed by atoms with Crippen molar-refractivity contribution in [2.45, 2.75) is 60.1 Å². The van der Waals surface area contributed by atoms with E-state index in [2.05, 4.69) is 0 Å². The van der Waals surface area contributed by atoms with Crippen molar-refractivity contribution in [1.29, 1.82) is 0 Å². The summed E-state index contributed by atoms with van der Waals surface area (Å²) in [5.41, 5.74) is -0.271. The summed E-state index contributed by atoms with van der Waals surface area (Å²) in [5.74, 6) is -2.09. The summed E-state index contributed by atoms with van der Waals surface area (Å²) in [6, 6.07) is 8.29. The second kappa shape index (κ2) is 9.67. The number of carbonyl (C=O) groups excluding carboxylic acids is 1.